The standard InChI is InChI=1S/C24H52O7P2/c1-7-13-17-23(11-5)21-29-33(26,30-22-24(12-6)18-14-8-2)31-32(25,27-19-15-9-3)28-20-16-10-4/h23-24H,7-22H2,1-6H3. The fraction of sp³-hybridized carbons (Fsp3) is 1.00. The molecule has 0 aromatic heterocycles. The van der Waals surface area contributed by atoms with Crippen molar-refractivity contribution in [1.82, 2.24) is 0 Å². The minimum atomic E-state index is -4.15. The van der Waals surface area contributed by atoms with Crippen molar-refractivity contribution in [3.8, 4) is 0 Å². The number of unbranched alkanes of at least 4 members (excludes halogenated alkanes) is 4. The van der Waals surface area contributed by atoms with E-state index in [9.17, 15) is 9.13 Å². The molecule has 9 heteroatoms. The average molecular weight is 515 g/mol. The van der Waals surface area contributed by atoms with Gasteiger partial charge in [0.25, 0.3) is 0 Å². The third kappa shape index (κ3) is 16.5. The fourth-order valence-corrected chi connectivity index (χ4v) is 6.50. The van der Waals surface area contributed by atoms with E-state index in [1.54, 1.807) is 0 Å². The molecule has 0 aromatic carbocycles. The third-order valence-corrected chi connectivity index (χ3v) is 9.25. The van der Waals surface area contributed by atoms with Gasteiger partial charge in [0, 0.05) is 0 Å². The molecule has 0 heterocycles. The molecule has 7 nitrogen and oxygen atoms in total. The highest BCUT2D eigenvalue weighted by atomic mass is 31.3. The first-order valence-corrected chi connectivity index (χ1v) is 16.2. The van der Waals surface area contributed by atoms with Crippen LogP contribution < -0.4 is 0 Å². The Morgan fingerprint density at radius 2 is 0.909 bits per heavy atom. The minimum Gasteiger partial charge on any atom is -0.287 e. The lowest BCUT2D eigenvalue weighted by Gasteiger charge is -2.26. The largest absolute Gasteiger partial charge is 0.483 e. The summed E-state index contributed by atoms with van der Waals surface area (Å²) in [6.07, 6.45) is 11.2. The van der Waals surface area contributed by atoms with E-state index in [0.717, 1.165) is 64.2 Å². The highest BCUT2D eigenvalue weighted by Gasteiger charge is 2.41. The second-order valence-corrected chi connectivity index (χ2v) is 12.2. The van der Waals surface area contributed by atoms with Crippen LogP contribution >= 0.6 is 15.6 Å². The second kappa shape index (κ2) is 20.5. The Hall–Kier alpha value is 0.260. The van der Waals surface area contributed by atoms with Crippen molar-refractivity contribution in [1.29, 1.82) is 0 Å². The van der Waals surface area contributed by atoms with Gasteiger partial charge in [-0.15, -0.1) is 0 Å². The Morgan fingerprint density at radius 1 is 0.545 bits per heavy atom. The molecule has 2 atom stereocenters. The molecule has 0 spiro atoms. The van der Waals surface area contributed by atoms with Gasteiger partial charge in [0.2, 0.25) is 0 Å². The summed E-state index contributed by atoms with van der Waals surface area (Å²) >= 11 is 0. The molecule has 0 radical (unpaired) electrons. The van der Waals surface area contributed by atoms with Gasteiger partial charge in [-0.1, -0.05) is 92.9 Å². The number of hydrogen-bond donors (Lipinski definition) is 0. The maximum atomic E-state index is 13.7. The van der Waals surface area contributed by atoms with Crippen molar-refractivity contribution in [2.45, 2.75) is 119 Å². The quantitative estimate of drug-likeness (QED) is 0.0937. The van der Waals surface area contributed by atoms with E-state index >= 15 is 0 Å². The van der Waals surface area contributed by atoms with Crippen LogP contribution in [0, 0.1) is 11.8 Å². The van der Waals surface area contributed by atoms with E-state index in [1.807, 2.05) is 13.8 Å². The van der Waals surface area contributed by atoms with Crippen LogP contribution in [0.4, 0.5) is 0 Å². The van der Waals surface area contributed by atoms with E-state index in [0.29, 0.717) is 12.8 Å². The van der Waals surface area contributed by atoms with Crippen LogP contribution in [0.5, 0.6) is 0 Å². The zero-order chi connectivity index (χ0) is 25.0. The molecule has 2 unspecified atom stereocenters. The number of hydrogen-bond acceptors (Lipinski definition) is 7. The SMILES string of the molecule is CCCCOP(=O)(OCCCC)OP(=O)(OCC(CC)CCCC)OCC(CC)CCCC. The lowest BCUT2D eigenvalue weighted by Crippen LogP contribution is -2.14. The van der Waals surface area contributed by atoms with Crippen molar-refractivity contribution in [3.05, 3.63) is 0 Å². The van der Waals surface area contributed by atoms with Gasteiger partial charge in [-0.2, -0.15) is 4.31 Å². The zero-order valence-corrected chi connectivity index (χ0v) is 24.0. The summed E-state index contributed by atoms with van der Waals surface area (Å²) in [6, 6.07) is 0. The summed E-state index contributed by atoms with van der Waals surface area (Å²) in [5, 5.41) is 0. The molecule has 0 saturated carbocycles. The van der Waals surface area contributed by atoms with Crippen LogP contribution in [0.3, 0.4) is 0 Å². The Morgan fingerprint density at radius 3 is 1.24 bits per heavy atom. The molecule has 0 fully saturated rings. The number of phosphoric ester groups is 2. The Bertz CT molecular complexity index is 507. The molecule has 0 N–H and O–H groups in total. The van der Waals surface area contributed by atoms with Gasteiger partial charge in [0.15, 0.2) is 0 Å². The van der Waals surface area contributed by atoms with Gasteiger partial charge < -0.3 is 0 Å². The maximum Gasteiger partial charge on any atom is 0.483 e. The Kier molecular flexibility index (Phi) is 20.6. The van der Waals surface area contributed by atoms with Gasteiger partial charge in [-0.05, 0) is 37.5 Å². The molecule has 0 aliphatic carbocycles. The van der Waals surface area contributed by atoms with E-state index in [4.69, 9.17) is 22.4 Å². The molecule has 0 bridgehead atoms. The number of rotatable bonds is 24. The van der Waals surface area contributed by atoms with Crippen molar-refractivity contribution in [2.75, 3.05) is 26.4 Å². The van der Waals surface area contributed by atoms with Gasteiger partial charge in [-0.3, -0.25) is 18.1 Å². The third-order valence-electron chi connectivity index (χ3n) is 5.72. The molecule has 0 aliphatic heterocycles. The van der Waals surface area contributed by atoms with Crippen LogP contribution in [0.2, 0.25) is 0 Å². The van der Waals surface area contributed by atoms with Crippen molar-refractivity contribution in [3.63, 3.8) is 0 Å². The summed E-state index contributed by atoms with van der Waals surface area (Å²) < 4.78 is 55.1. The molecule has 0 amide bonds. The van der Waals surface area contributed by atoms with Crippen molar-refractivity contribution < 1.29 is 31.5 Å². The predicted molar refractivity (Wildman–Crippen MR) is 137 cm³/mol. The van der Waals surface area contributed by atoms with Crippen LogP contribution in [0.1, 0.15) is 119 Å². The average Bonchev–Trinajstić information content (AvgIpc) is 2.80. The van der Waals surface area contributed by atoms with Gasteiger partial charge in [0.1, 0.15) is 0 Å². The van der Waals surface area contributed by atoms with Crippen molar-refractivity contribution in [2.24, 2.45) is 11.8 Å². The summed E-state index contributed by atoms with van der Waals surface area (Å²) in [7, 11) is -8.24. The first-order chi connectivity index (χ1) is 15.8. The van der Waals surface area contributed by atoms with Gasteiger partial charge in [0.05, 0.1) is 26.4 Å². The zero-order valence-electron chi connectivity index (χ0n) is 22.2. The topological polar surface area (TPSA) is 80.3 Å². The van der Waals surface area contributed by atoms with Crippen LogP contribution in [0.25, 0.3) is 0 Å². The molecule has 200 valence electrons. The maximum absolute atomic E-state index is 13.7. The molecule has 0 saturated heterocycles. The Balaban J connectivity index is 5.47. The lowest BCUT2D eigenvalue weighted by atomic mass is 10.0. The summed E-state index contributed by atoms with van der Waals surface area (Å²) in [4.78, 5) is 0. The Labute approximate surface area is 204 Å². The lowest BCUT2D eigenvalue weighted by molar-refractivity contribution is 0.0881. The van der Waals surface area contributed by atoms with E-state index in [-0.39, 0.29) is 38.3 Å². The molecule has 0 aromatic rings. The molecule has 0 rings (SSSR count). The van der Waals surface area contributed by atoms with Gasteiger partial charge in [-0.25, -0.2) is 9.13 Å². The summed E-state index contributed by atoms with van der Waals surface area (Å²) in [5.74, 6) is 0.461. The van der Waals surface area contributed by atoms with Crippen LogP contribution in [-0.4, -0.2) is 26.4 Å². The monoisotopic (exact) mass is 514 g/mol. The smallest absolute Gasteiger partial charge is 0.287 e. The van der Waals surface area contributed by atoms with E-state index < -0.39 is 15.6 Å². The highest BCUT2D eigenvalue weighted by molar-refractivity contribution is 7.62. The molecular weight excluding hydrogens is 462 g/mol. The molecule has 0 aliphatic rings. The molecular formula is C24H52O7P2. The van der Waals surface area contributed by atoms with E-state index in [1.165, 1.54) is 0 Å². The predicted octanol–water partition coefficient (Wildman–Crippen LogP) is 9.32. The fourth-order valence-electron chi connectivity index (χ4n) is 3.12. The van der Waals surface area contributed by atoms with Gasteiger partial charge >= 0.3 is 15.6 Å². The normalized spacial score (nSPS) is 15.9. The highest BCUT2D eigenvalue weighted by Crippen LogP contribution is 2.66. The van der Waals surface area contributed by atoms with E-state index in [2.05, 4.69) is 27.7 Å². The minimum absolute atomic E-state index is 0.197. The van der Waals surface area contributed by atoms with Crippen LogP contribution in [-0.2, 0) is 31.5 Å². The van der Waals surface area contributed by atoms with Crippen molar-refractivity contribution >= 4 is 15.6 Å². The summed E-state index contributed by atoms with van der Waals surface area (Å²) in [5.41, 5.74) is 0. The molecule has 33 heavy (non-hydrogen) atoms. The van der Waals surface area contributed by atoms with Crippen LogP contribution in [0.15, 0.2) is 0 Å². The first kappa shape index (κ1) is 33.3. The summed E-state index contributed by atoms with van der Waals surface area (Å²) in [6.45, 7) is 13.3. The first-order valence-electron chi connectivity index (χ1n) is 13.3. The number of phosphoric acid groups is 2. The second-order valence-electron chi connectivity index (χ2n) is 8.77.